The molecule has 9 heteroatoms. The summed E-state index contributed by atoms with van der Waals surface area (Å²) < 4.78 is 44.2. The molecule has 2 aromatic heterocycles. The van der Waals surface area contributed by atoms with Crippen LogP contribution in [0.4, 0.5) is 19.0 Å². The number of ether oxygens (including phenoxy) is 1. The number of benzene rings is 1. The van der Waals surface area contributed by atoms with Crippen molar-refractivity contribution in [3.63, 3.8) is 0 Å². The van der Waals surface area contributed by atoms with Crippen LogP contribution in [0.2, 0.25) is 0 Å². The minimum absolute atomic E-state index is 0.0379. The van der Waals surface area contributed by atoms with Gasteiger partial charge in [0, 0.05) is 28.8 Å². The minimum atomic E-state index is -4.45. The van der Waals surface area contributed by atoms with Crippen LogP contribution in [0, 0.1) is 0 Å². The van der Waals surface area contributed by atoms with Crippen LogP contribution in [-0.2, 0) is 24.1 Å². The first kappa shape index (κ1) is 20.7. The lowest BCUT2D eigenvalue weighted by Crippen LogP contribution is -2.36. The zero-order chi connectivity index (χ0) is 22.6. The third kappa shape index (κ3) is 3.56. The van der Waals surface area contributed by atoms with Gasteiger partial charge in [-0.1, -0.05) is 0 Å². The van der Waals surface area contributed by atoms with E-state index in [9.17, 15) is 18.0 Å². The molecule has 1 aromatic carbocycles. The molecule has 1 amide bonds. The van der Waals surface area contributed by atoms with E-state index in [0.29, 0.717) is 35.8 Å². The second-order valence-corrected chi connectivity index (χ2v) is 8.27. The Kier molecular flexibility index (Phi) is 4.81. The molecule has 1 fully saturated rings. The Labute approximate surface area is 182 Å². The summed E-state index contributed by atoms with van der Waals surface area (Å²) in [7, 11) is 0. The smallest absolute Gasteiger partial charge is 0.383 e. The zero-order valence-electron chi connectivity index (χ0n) is 17.3. The number of carbonyl (C=O) groups excluding carboxylic acids is 1. The van der Waals surface area contributed by atoms with Crippen molar-refractivity contribution < 1.29 is 22.7 Å². The number of nitrogen functional groups attached to an aromatic ring is 1. The molecular weight excluding hydrogens is 421 g/mol. The SMILES string of the molecule is C[C@H](c1ccc(C(F)(F)F)cn1)N(C(=O)c1ccc2nc(N)c3c(c2c1)COC3)C1CC1. The van der Waals surface area contributed by atoms with Crippen LogP contribution in [0.15, 0.2) is 36.5 Å². The first-order valence-corrected chi connectivity index (χ1v) is 10.4. The number of anilines is 1. The highest BCUT2D eigenvalue weighted by atomic mass is 19.4. The first-order valence-electron chi connectivity index (χ1n) is 10.4. The van der Waals surface area contributed by atoms with Crippen molar-refractivity contribution in [1.82, 2.24) is 14.9 Å². The Bertz CT molecular complexity index is 1210. The Hall–Kier alpha value is -3.20. The number of aromatic nitrogens is 2. The first-order chi connectivity index (χ1) is 15.2. The van der Waals surface area contributed by atoms with Gasteiger partial charge in [-0.3, -0.25) is 9.78 Å². The topological polar surface area (TPSA) is 81.3 Å². The number of alkyl halides is 3. The zero-order valence-corrected chi connectivity index (χ0v) is 17.3. The maximum Gasteiger partial charge on any atom is 0.417 e. The van der Waals surface area contributed by atoms with E-state index in [1.165, 1.54) is 6.07 Å². The van der Waals surface area contributed by atoms with Crippen LogP contribution in [-0.4, -0.2) is 26.8 Å². The van der Waals surface area contributed by atoms with E-state index >= 15 is 0 Å². The lowest BCUT2D eigenvalue weighted by atomic mass is 10.0. The molecule has 1 aliphatic heterocycles. The van der Waals surface area contributed by atoms with Gasteiger partial charge in [-0.15, -0.1) is 0 Å². The summed E-state index contributed by atoms with van der Waals surface area (Å²) in [5.74, 6) is 0.249. The van der Waals surface area contributed by atoms with Crippen molar-refractivity contribution in [3.05, 3.63) is 64.5 Å². The van der Waals surface area contributed by atoms with Crippen LogP contribution in [0.3, 0.4) is 0 Å². The van der Waals surface area contributed by atoms with Crippen molar-refractivity contribution in [2.24, 2.45) is 0 Å². The van der Waals surface area contributed by atoms with Gasteiger partial charge in [0.25, 0.3) is 5.91 Å². The highest BCUT2D eigenvalue weighted by Gasteiger charge is 2.38. The van der Waals surface area contributed by atoms with Crippen molar-refractivity contribution >= 4 is 22.6 Å². The molecule has 1 atom stereocenters. The lowest BCUT2D eigenvalue weighted by molar-refractivity contribution is -0.137. The van der Waals surface area contributed by atoms with Gasteiger partial charge in [0.1, 0.15) is 5.82 Å². The third-order valence-electron chi connectivity index (χ3n) is 6.11. The number of nitrogens with zero attached hydrogens (tertiary/aromatic N) is 3. The Morgan fingerprint density at radius 2 is 1.94 bits per heavy atom. The number of halogens is 3. The quantitative estimate of drug-likeness (QED) is 0.637. The van der Waals surface area contributed by atoms with Gasteiger partial charge in [0.15, 0.2) is 0 Å². The Balaban J connectivity index is 1.49. The van der Waals surface area contributed by atoms with Crippen LogP contribution in [0.1, 0.15) is 58.5 Å². The average Bonchev–Trinajstić information content (AvgIpc) is 3.46. The Morgan fingerprint density at radius 1 is 1.19 bits per heavy atom. The second kappa shape index (κ2) is 7.44. The maximum absolute atomic E-state index is 13.5. The Morgan fingerprint density at radius 3 is 2.59 bits per heavy atom. The summed E-state index contributed by atoms with van der Waals surface area (Å²) in [6, 6.07) is 7.20. The monoisotopic (exact) mass is 442 g/mol. The van der Waals surface area contributed by atoms with Gasteiger partial charge in [-0.05, 0) is 55.7 Å². The van der Waals surface area contributed by atoms with Gasteiger partial charge in [-0.2, -0.15) is 13.2 Å². The number of pyridine rings is 2. The van der Waals surface area contributed by atoms with Crippen molar-refractivity contribution in [3.8, 4) is 0 Å². The minimum Gasteiger partial charge on any atom is -0.383 e. The summed E-state index contributed by atoms with van der Waals surface area (Å²) in [6.45, 7) is 2.60. The fourth-order valence-corrected chi connectivity index (χ4v) is 4.23. The molecule has 0 spiro atoms. The average molecular weight is 442 g/mol. The number of hydrogen-bond acceptors (Lipinski definition) is 5. The summed E-state index contributed by atoms with van der Waals surface area (Å²) in [4.78, 5) is 23.7. The molecule has 5 rings (SSSR count). The maximum atomic E-state index is 13.5. The second-order valence-electron chi connectivity index (χ2n) is 8.27. The number of fused-ring (bicyclic) bond motifs is 3. The molecule has 166 valence electrons. The number of amides is 1. The van der Waals surface area contributed by atoms with Crippen LogP contribution < -0.4 is 5.73 Å². The number of nitrogens with two attached hydrogens (primary N) is 1. The third-order valence-corrected chi connectivity index (χ3v) is 6.11. The molecule has 1 saturated carbocycles. The molecule has 2 N–H and O–H groups in total. The molecule has 0 saturated heterocycles. The largest absolute Gasteiger partial charge is 0.417 e. The molecule has 0 unspecified atom stereocenters. The van der Waals surface area contributed by atoms with Gasteiger partial charge in [-0.25, -0.2) is 4.98 Å². The standard InChI is InChI=1S/C23H21F3N4O2/c1-12(19-7-3-14(9-28-19)23(24,25)26)30(15-4-5-15)22(31)13-2-6-20-16(8-13)17-10-32-11-18(17)21(27)29-20/h2-3,6-9,12,15H,4-5,10-11H2,1H3,(H2,27,29)/t12-/m1/s1. The van der Waals surface area contributed by atoms with Gasteiger partial charge in [0.2, 0.25) is 0 Å². The van der Waals surface area contributed by atoms with Gasteiger partial charge < -0.3 is 15.4 Å². The van der Waals surface area contributed by atoms with E-state index in [0.717, 1.165) is 41.6 Å². The lowest BCUT2D eigenvalue weighted by Gasteiger charge is -2.29. The molecule has 0 bridgehead atoms. The summed E-state index contributed by atoms with van der Waals surface area (Å²) >= 11 is 0. The van der Waals surface area contributed by atoms with Crippen LogP contribution in [0.25, 0.3) is 10.9 Å². The molecule has 1 aliphatic carbocycles. The van der Waals surface area contributed by atoms with Crippen molar-refractivity contribution in [1.29, 1.82) is 0 Å². The fourth-order valence-electron chi connectivity index (χ4n) is 4.23. The molecule has 6 nitrogen and oxygen atoms in total. The van der Waals surface area contributed by atoms with Gasteiger partial charge >= 0.3 is 6.18 Å². The predicted molar refractivity (Wildman–Crippen MR) is 111 cm³/mol. The number of carbonyl (C=O) groups is 1. The molecule has 2 aliphatic rings. The van der Waals surface area contributed by atoms with E-state index < -0.39 is 17.8 Å². The van der Waals surface area contributed by atoms with E-state index in [4.69, 9.17) is 10.5 Å². The van der Waals surface area contributed by atoms with Crippen LogP contribution in [0.5, 0.6) is 0 Å². The molecule has 0 radical (unpaired) electrons. The number of rotatable bonds is 4. The molecular formula is C23H21F3N4O2. The highest BCUT2D eigenvalue weighted by molar-refractivity contribution is 5.99. The van der Waals surface area contributed by atoms with Gasteiger partial charge in [0.05, 0.1) is 36.0 Å². The van der Waals surface area contributed by atoms with Crippen molar-refractivity contribution in [2.75, 3.05) is 5.73 Å². The summed E-state index contributed by atoms with van der Waals surface area (Å²) in [5.41, 5.74) is 8.61. The predicted octanol–water partition coefficient (Wildman–Crippen LogP) is 4.63. The summed E-state index contributed by atoms with van der Waals surface area (Å²) in [5, 5.41) is 0.827. The molecule has 3 heterocycles. The normalized spacial score (nSPS) is 16.8. The molecule has 3 aromatic rings. The fraction of sp³-hybridized carbons (Fsp3) is 0.348. The number of hydrogen-bond donors (Lipinski definition) is 1. The van der Waals surface area contributed by atoms with E-state index in [-0.39, 0.29) is 11.9 Å². The van der Waals surface area contributed by atoms with E-state index in [2.05, 4.69) is 9.97 Å². The van der Waals surface area contributed by atoms with Crippen molar-refractivity contribution in [2.45, 2.75) is 51.2 Å². The van der Waals surface area contributed by atoms with E-state index in [1.807, 2.05) is 0 Å². The van der Waals surface area contributed by atoms with E-state index in [1.54, 1.807) is 30.0 Å². The van der Waals surface area contributed by atoms with Crippen LogP contribution >= 0.6 is 0 Å². The summed E-state index contributed by atoms with van der Waals surface area (Å²) in [6.07, 6.45) is -1.93. The molecule has 32 heavy (non-hydrogen) atoms. The highest BCUT2D eigenvalue weighted by Crippen LogP contribution is 2.37.